The Kier molecular flexibility index (Phi) is 6.60. The van der Waals surface area contributed by atoms with Crippen LogP contribution in [0.2, 0.25) is 0 Å². The first-order valence-corrected chi connectivity index (χ1v) is 19.1. The molecule has 0 radical (unpaired) electrons. The highest BCUT2D eigenvalue weighted by Crippen LogP contribution is 2.48. The van der Waals surface area contributed by atoms with Gasteiger partial charge >= 0.3 is 0 Å². The van der Waals surface area contributed by atoms with E-state index < -0.39 is 0 Å². The van der Waals surface area contributed by atoms with E-state index in [9.17, 15) is 0 Å². The fourth-order valence-corrected chi connectivity index (χ4v) is 9.08. The van der Waals surface area contributed by atoms with Crippen LogP contribution in [0.1, 0.15) is 0 Å². The molecule has 9 aromatic carbocycles. The van der Waals surface area contributed by atoms with Gasteiger partial charge in [-0.2, -0.15) is 0 Å². The van der Waals surface area contributed by atoms with E-state index in [0.717, 1.165) is 44.9 Å². The van der Waals surface area contributed by atoms with Gasteiger partial charge < -0.3 is 9.13 Å². The van der Waals surface area contributed by atoms with Crippen molar-refractivity contribution in [2.75, 3.05) is 0 Å². The number of fused-ring (bicyclic) bond motifs is 13. The maximum atomic E-state index is 5.22. The second-order valence-electron chi connectivity index (χ2n) is 14.5. The highest BCUT2D eigenvalue weighted by molar-refractivity contribution is 6.39. The van der Waals surface area contributed by atoms with Crippen molar-refractivity contribution in [3.8, 4) is 33.9 Å². The van der Waals surface area contributed by atoms with Gasteiger partial charge in [-0.1, -0.05) is 146 Å². The van der Waals surface area contributed by atoms with E-state index in [2.05, 4.69) is 173 Å². The fraction of sp³-hybridized carbons (Fsp3) is 0. The van der Waals surface area contributed by atoms with Gasteiger partial charge in [0.25, 0.3) is 0 Å². The Balaban J connectivity index is 1.23. The second kappa shape index (κ2) is 12.0. The van der Waals surface area contributed by atoms with E-state index >= 15 is 0 Å². The molecule has 0 aliphatic carbocycles. The van der Waals surface area contributed by atoms with Crippen molar-refractivity contribution >= 4 is 76.2 Å². The number of hydrogen-bond acceptors (Lipinski definition) is 2. The van der Waals surface area contributed by atoms with Crippen LogP contribution in [-0.4, -0.2) is 19.1 Å². The van der Waals surface area contributed by atoms with Gasteiger partial charge in [-0.15, -0.1) is 0 Å². The maximum Gasteiger partial charge on any atom is 0.0973 e. The van der Waals surface area contributed by atoms with Gasteiger partial charge in [0.05, 0.1) is 44.5 Å². The van der Waals surface area contributed by atoms with Crippen molar-refractivity contribution in [1.82, 2.24) is 19.1 Å². The largest absolute Gasteiger partial charge is 0.307 e. The predicted octanol–water partition coefficient (Wildman–Crippen LogP) is 13.5. The lowest BCUT2D eigenvalue weighted by Gasteiger charge is -2.15. The topological polar surface area (TPSA) is 35.6 Å². The summed E-state index contributed by atoms with van der Waals surface area (Å²) in [5.74, 6) is 0. The lowest BCUT2D eigenvalue weighted by Crippen LogP contribution is -1.99. The summed E-state index contributed by atoms with van der Waals surface area (Å²) in [7, 11) is 0. The average molecular weight is 713 g/mol. The van der Waals surface area contributed by atoms with Crippen LogP contribution >= 0.6 is 0 Å². The van der Waals surface area contributed by atoms with Gasteiger partial charge in [-0.25, -0.2) is 9.97 Å². The number of hydrogen-bond donors (Lipinski definition) is 0. The fourth-order valence-electron chi connectivity index (χ4n) is 9.08. The summed E-state index contributed by atoms with van der Waals surface area (Å²) in [6.45, 7) is 0. The number of aromatic nitrogens is 4. The van der Waals surface area contributed by atoms with Crippen LogP contribution < -0.4 is 0 Å². The van der Waals surface area contributed by atoms with Crippen molar-refractivity contribution in [2.24, 2.45) is 0 Å². The molecule has 0 aliphatic rings. The molecule has 3 aromatic heterocycles. The first-order chi connectivity index (χ1) is 27.8. The van der Waals surface area contributed by atoms with Gasteiger partial charge in [0, 0.05) is 44.0 Å². The molecule has 0 spiro atoms. The van der Waals surface area contributed by atoms with Crippen molar-refractivity contribution < 1.29 is 0 Å². The molecule has 3 heterocycles. The van der Waals surface area contributed by atoms with E-state index in [-0.39, 0.29) is 0 Å². The summed E-state index contributed by atoms with van der Waals surface area (Å²) in [5, 5.41) is 10.0. The summed E-state index contributed by atoms with van der Waals surface area (Å²) < 4.78 is 4.97. The summed E-state index contributed by atoms with van der Waals surface area (Å²) in [6.07, 6.45) is 0. The Bertz CT molecular complexity index is 3510. The third kappa shape index (κ3) is 4.41. The monoisotopic (exact) mass is 712 g/mol. The van der Waals surface area contributed by atoms with Crippen molar-refractivity contribution in [2.45, 2.75) is 0 Å². The van der Waals surface area contributed by atoms with Crippen LogP contribution in [0.15, 0.2) is 194 Å². The number of benzene rings is 9. The molecular weight excluding hydrogens is 681 g/mol. The third-order valence-electron chi connectivity index (χ3n) is 11.5. The lowest BCUT2D eigenvalue weighted by molar-refractivity contribution is 1.15. The molecule has 12 rings (SSSR count). The number of para-hydroxylation sites is 4. The van der Waals surface area contributed by atoms with E-state index in [0.29, 0.717) is 0 Å². The van der Waals surface area contributed by atoms with Gasteiger partial charge in [0.15, 0.2) is 0 Å². The zero-order chi connectivity index (χ0) is 36.7. The van der Waals surface area contributed by atoms with E-state index in [1.54, 1.807) is 0 Å². The Morgan fingerprint density at radius 3 is 1.52 bits per heavy atom. The Morgan fingerprint density at radius 1 is 0.304 bits per heavy atom. The molecule has 0 amide bonds. The SMILES string of the molecule is c1ccc(-c2nc3ccccc3nc2-c2ccc(-n3c4ccc5ccccc5c4c4c5ccccc5c5c6ccccc6n(-c6ccccc6)c5c43)cc2)cc1. The summed E-state index contributed by atoms with van der Waals surface area (Å²) in [4.78, 5) is 10.4. The van der Waals surface area contributed by atoms with Crippen molar-refractivity contribution in [3.63, 3.8) is 0 Å². The van der Waals surface area contributed by atoms with Crippen LogP contribution in [0.3, 0.4) is 0 Å². The first-order valence-electron chi connectivity index (χ1n) is 19.1. The standard InChI is InChI=1S/C52H32N4/c1-3-16-34(17-4-1)49-50(54-43-25-13-12-24-42(43)53-49)35-27-30-37(31-28-35)56-45-32-29-33-15-7-8-20-38(33)47(45)48-40-22-10-9-21-39(40)46-41-23-11-14-26-44(41)55(51(46)52(48)56)36-18-5-2-6-19-36/h1-32H. The van der Waals surface area contributed by atoms with Crippen LogP contribution in [-0.2, 0) is 0 Å². The molecule has 12 aromatic rings. The van der Waals surface area contributed by atoms with Crippen LogP contribution in [0.4, 0.5) is 0 Å². The second-order valence-corrected chi connectivity index (χ2v) is 14.5. The zero-order valence-corrected chi connectivity index (χ0v) is 30.3. The molecular formula is C52H32N4. The van der Waals surface area contributed by atoms with Crippen LogP contribution in [0.5, 0.6) is 0 Å². The predicted molar refractivity (Wildman–Crippen MR) is 234 cm³/mol. The molecule has 4 heteroatoms. The van der Waals surface area contributed by atoms with Crippen molar-refractivity contribution in [3.05, 3.63) is 194 Å². The van der Waals surface area contributed by atoms with Gasteiger partial charge in [0.1, 0.15) is 0 Å². The quantitative estimate of drug-likeness (QED) is 0.182. The summed E-state index contributed by atoms with van der Waals surface area (Å²) >= 11 is 0. The minimum atomic E-state index is 0.868. The third-order valence-corrected chi connectivity index (χ3v) is 11.5. The summed E-state index contributed by atoms with van der Waals surface area (Å²) in [6, 6.07) is 69.5. The minimum absolute atomic E-state index is 0.868. The molecule has 0 unspecified atom stereocenters. The van der Waals surface area contributed by atoms with Crippen LogP contribution in [0.25, 0.3) is 110 Å². The van der Waals surface area contributed by atoms with Gasteiger partial charge in [-0.3, -0.25) is 0 Å². The molecule has 260 valence electrons. The Hall–Kier alpha value is -7.56. The normalized spacial score (nSPS) is 11.9. The zero-order valence-electron chi connectivity index (χ0n) is 30.3. The molecule has 0 saturated heterocycles. The average Bonchev–Trinajstić information content (AvgIpc) is 3.81. The molecule has 0 N–H and O–H groups in total. The number of rotatable bonds is 4. The smallest absolute Gasteiger partial charge is 0.0973 e. The molecule has 0 bridgehead atoms. The molecule has 0 atom stereocenters. The molecule has 56 heavy (non-hydrogen) atoms. The van der Waals surface area contributed by atoms with E-state index in [1.807, 2.05) is 30.3 Å². The maximum absolute atomic E-state index is 5.22. The highest BCUT2D eigenvalue weighted by Gasteiger charge is 2.25. The lowest BCUT2D eigenvalue weighted by atomic mass is 9.96. The van der Waals surface area contributed by atoms with Gasteiger partial charge in [-0.05, 0) is 70.1 Å². The van der Waals surface area contributed by atoms with E-state index in [1.165, 1.54) is 65.2 Å². The molecule has 0 aliphatic heterocycles. The van der Waals surface area contributed by atoms with Gasteiger partial charge in [0.2, 0.25) is 0 Å². The molecule has 4 nitrogen and oxygen atoms in total. The number of nitrogens with zero attached hydrogens (tertiary/aromatic N) is 4. The highest BCUT2D eigenvalue weighted by atomic mass is 15.0. The molecule has 0 saturated carbocycles. The summed E-state index contributed by atoms with van der Waals surface area (Å²) in [5.41, 5.74) is 12.5. The molecule has 0 fully saturated rings. The Morgan fingerprint density at radius 2 is 0.804 bits per heavy atom. The minimum Gasteiger partial charge on any atom is -0.307 e. The Labute approximate surface area is 322 Å². The van der Waals surface area contributed by atoms with Crippen LogP contribution in [0, 0.1) is 0 Å². The first kappa shape index (κ1) is 30.9. The van der Waals surface area contributed by atoms with Crippen molar-refractivity contribution in [1.29, 1.82) is 0 Å². The van der Waals surface area contributed by atoms with E-state index in [4.69, 9.17) is 9.97 Å².